The first-order valence-corrected chi connectivity index (χ1v) is 7.50. The van der Waals surface area contributed by atoms with Crippen LogP contribution in [0.15, 0.2) is 29.2 Å². The predicted molar refractivity (Wildman–Crippen MR) is 83.3 cm³/mol. The Morgan fingerprint density at radius 1 is 1.29 bits per heavy atom. The number of thioether (sulfide) groups is 1. The van der Waals surface area contributed by atoms with Crippen LogP contribution in [0.1, 0.15) is 36.0 Å². The van der Waals surface area contributed by atoms with Gasteiger partial charge >= 0.3 is 0 Å². The van der Waals surface area contributed by atoms with Crippen LogP contribution in [0.4, 0.5) is 8.78 Å². The van der Waals surface area contributed by atoms with E-state index in [1.54, 1.807) is 12.1 Å². The van der Waals surface area contributed by atoms with Gasteiger partial charge in [0.1, 0.15) is 0 Å². The number of hydrogen-bond acceptors (Lipinski definition) is 3. The number of benzene rings is 1. The van der Waals surface area contributed by atoms with Gasteiger partial charge in [-0.2, -0.15) is 8.78 Å². The third-order valence-corrected chi connectivity index (χ3v) is 4.39. The van der Waals surface area contributed by atoms with Gasteiger partial charge in [0.2, 0.25) is 0 Å². The Balaban J connectivity index is 0.00000220. The number of carbonyl (C=O) groups excluding carboxylic acids is 1. The van der Waals surface area contributed by atoms with Crippen molar-refractivity contribution in [1.82, 2.24) is 5.32 Å². The van der Waals surface area contributed by atoms with Gasteiger partial charge in [0.25, 0.3) is 11.7 Å². The van der Waals surface area contributed by atoms with Crippen LogP contribution in [0, 0.1) is 0 Å². The van der Waals surface area contributed by atoms with Crippen molar-refractivity contribution in [3.63, 3.8) is 0 Å². The van der Waals surface area contributed by atoms with Crippen molar-refractivity contribution in [2.45, 2.75) is 41.9 Å². The van der Waals surface area contributed by atoms with E-state index in [4.69, 9.17) is 5.73 Å². The lowest BCUT2D eigenvalue weighted by molar-refractivity contribution is 0.0903. The summed E-state index contributed by atoms with van der Waals surface area (Å²) >= 11 is 0.470. The molecule has 0 atom stereocenters. The summed E-state index contributed by atoms with van der Waals surface area (Å²) in [5.41, 5.74) is 5.95. The first-order valence-electron chi connectivity index (χ1n) is 6.62. The Morgan fingerprint density at radius 2 is 1.86 bits per heavy atom. The van der Waals surface area contributed by atoms with E-state index in [0.29, 0.717) is 28.8 Å². The van der Waals surface area contributed by atoms with Crippen LogP contribution in [0.5, 0.6) is 0 Å². The number of rotatable bonds is 5. The maximum absolute atomic E-state index is 12.2. The minimum atomic E-state index is -2.45. The summed E-state index contributed by atoms with van der Waals surface area (Å²) in [6.07, 6.45) is 3.94. The second-order valence-corrected chi connectivity index (χ2v) is 6.11. The van der Waals surface area contributed by atoms with E-state index in [1.165, 1.54) is 12.1 Å². The smallest absolute Gasteiger partial charge is 0.288 e. The first-order chi connectivity index (χ1) is 9.54. The normalized spacial score (nSPS) is 16.6. The fraction of sp³-hybridized carbons (Fsp3) is 0.500. The summed E-state index contributed by atoms with van der Waals surface area (Å²) in [5, 5.41) is 3.00. The molecule has 1 saturated carbocycles. The third-order valence-electron chi connectivity index (χ3n) is 3.67. The lowest BCUT2D eigenvalue weighted by atomic mass is 9.97. The van der Waals surface area contributed by atoms with Crippen molar-refractivity contribution in [3.05, 3.63) is 29.8 Å². The van der Waals surface area contributed by atoms with Crippen LogP contribution in [-0.4, -0.2) is 23.7 Å². The van der Waals surface area contributed by atoms with Crippen LogP contribution in [-0.2, 0) is 0 Å². The average molecular weight is 337 g/mol. The van der Waals surface area contributed by atoms with E-state index in [2.05, 4.69) is 5.32 Å². The number of alkyl halides is 2. The van der Waals surface area contributed by atoms with E-state index < -0.39 is 5.76 Å². The molecule has 0 aliphatic heterocycles. The molecule has 0 heterocycles. The van der Waals surface area contributed by atoms with Crippen molar-refractivity contribution in [2.24, 2.45) is 5.73 Å². The quantitative estimate of drug-likeness (QED) is 0.810. The van der Waals surface area contributed by atoms with Crippen molar-refractivity contribution in [3.8, 4) is 0 Å². The molecule has 0 bridgehead atoms. The van der Waals surface area contributed by atoms with Gasteiger partial charge in [-0.1, -0.05) is 24.6 Å². The lowest BCUT2D eigenvalue weighted by Gasteiger charge is -2.28. The van der Waals surface area contributed by atoms with Crippen molar-refractivity contribution in [1.29, 1.82) is 0 Å². The molecule has 1 fully saturated rings. The molecule has 0 unspecified atom stereocenters. The molecule has 0 spiro atoms. The molecule has 1 aromatic rings. The maximum Gasteiger partial charge on any atom is 0.288 e. The molecule has 1 aliphatic rings. The van der Waals surface area contributed by atoms with Gasteiger partial charge < -0.3 is 11.1 Å². The second kappa shape index (κ2) is 7.96. The third kappa shape index (κ3) is 4.83. The molecule has 0 aromatic heterocycles. The van der Waals surface area contributed by atoms with Crippen molar-refractivity contribution in [2.75, 3.05) is 6.54 Å². The van der Waals surface area contributed by atoms with Crippen LogP contribution in [0.3, 0.4) is 0 Å². The molecule has 1 aromatic carbocycles. The highest BCUT2D eigenvalue weighted by Crippen LogP contribution is 2.29. The van der Waals surface area contributed by atoms with Crippen LogP contribution in [0.2, 0.25) is 0 Å². The molecule has 118 valence electrons. The SMILES string of the molecule is Cl.NCC1(NC(=O)c2ccc(SC(F)F)cc2)CCCC1. The van der Waals surface area contributed by atoms with Crippen molar-refractivity contribution >= 4 is 30.1 Å². The van der Waals surface area contributed by atoms with Gasteiger partial charge in [-0.3, -0.25) is 4.79 Å². The van der Waals surface area contributed by atoms with Crippen LogP contribution >= 0.6 is 24.2 Å². The Morgan fingerprint density at radius 3 is 2.33 bits per heavy atom. The molecule has 1 aliphatic carbocycles. The summed E-state index contributed by atoms with van der Waals surface area (Å²) in [6.45, 7) is 0.429. The summed E-state index contributed by atoms with van der Waals surface area (Å²) in [5.74, 6) is -2.64. The van der Waals surface area contributed by atoms with E-state index in [1.807, 2.05) is 0 Å². The monoisotopic (exact) mass is 336 g/mol. The van der Waals surface area contributed by atoms with Gasteiger partial charge in [-0.15, -0.1) is 12.4 Å². The van der Waals surface area contributed by atoms with Gasteiger partial charge in [0.15, 0.2) is 0 Å². The van der Waals surface area contributed by atoms with Crippen LogP contribution in [0.25, 0.3) is 0 Å². The summed E-state index contributed by atoms with van der Waals surface area (Å²) in [4.78, 5) is 12.6. The largest absolute Gasteiger partial charge is 0.345 e. The fourth-order valence-electron chi connectivity index (χ4n) is 2.53. The highest BCUT2D eigenvalue weighted by atomic mass is 35.5. The Bertz CT molecular complexity index is 465. The fourth-order valence-corrected chi connectivity index (χ4v) is 3.03. The standard InChI is InChI=1S/C14H18F2N2OS.ClH/c15-13(16)20-11-5-3-10(4-6-11)12(19)18-14(9-17)7-1-2-8-14;/h3-6,13H,1-2,7-9,17H2,(H,18,19);1H. The van der Waals surface area contributed by atoms with Gasteiger partial charge in [-0.25, -0.2) is 0 Å². The number of amides is 1. The average Bonchev–Trinajstić information content (AvgIpc) is 2.88. The molecule has 3 N–H and O–H groups in total. The zero-order valence-corrected chi connectivity index (χ0v) is 13.1. The minimum absolute atomic E-state index is 0. The van der Waals surface area contributed by atoms with E-state index >= 15 is 0 Å². The Labute approximate surface area is 133 Å². The number of halogens is 3. The zero-order chi connectivity index (χ0) is 14.6. The highest BCUT2D eigenvalue weighted by molar-refractivity contribution is 7.99. The molecule has 3 nitrogen and oxygen atoms in total. The molecular formula is C14H19ClF2N2OS. The molecule has 21 heavy (non-hydrogen) atoms. The maximum atomic E-state index is 12.2. The zero-order valence-electron chi connectivity index (χ0n) is 11.5. The summed E-state index contributed by atoms with van der Waals surface area (Å²) in [6, 6.07) is 6.21. The lowest BCUT2D eigenvalue weighted by Crippen LogP contribution is -2.51. The highest BCUT2D eigenvalue weighted by Gasteiger charge is 2.33. The Hall–Kier alpha value is -0.850. The molecule has 1 amide bonds. The molecular weight excluding hydrogens is 318 g/mol. The van der Waals surface area contributed by atoms with Gasteiger partial charge in [0, 0.05) is 17.0 Å². The summed E-state index contributed by atoms with van der Waals surface area (Å²) < 4.78 is 24.4. The first kappa shape index (κ1) is 18.2. The topological polar surface area (TPSA) is 55.1 Å². The molecule has 7 heteroatoms. The Kier molecular flexibility index (Phi) is 6.90. The minimum Gasteiger partial charge on any atom is -0.345 e. The molecule has 0 radical (unpaired) electrons. The molecule has 0 saturated heterocycles. The number of carbonyl (C=O) groups is 1. The second-order valence-electron chi connectivity index (χ2n) is 5.05. The summed E-state index contributed by atoms with van der Waals surface area (Å²) in [7, 11) is 0. The van der Waals surface area contributed by atoms with Crippen LogP contribution < -0.4 is 11.1 Å². The van der Waals surface area contributed by atoms with Gasteiger partial charge in [0.05, 0.1) is 5.54 Å². The number of nitrogens with two attached hydrogens (primary N) is 1. The number of nitrogens with one attached hydrogen (secondary N) is 1. The molecule has 2 rings (SSSR count). The van der Waals surface area contributed by atoms with E-state index in [9.17, 15) is 13.6 Å². The van der Waals surface area contributed by atoms with E-state index in [0.717, 1.165) is 25.7 Å². The van der Waals surface area contributed by atoms with E-state index in [-0.39, 0.29) is 23.9 Å². The van der Waals surface area contributed by atoms with Gasteiger partial charge in [-0.05, 0) is 37.1 Å². The predicted octanol–water partition coefficient (Wildman–Crippen LogP) is 3.42. The number of hydrogen-bond donors (Lipinski definition) is 2. The van der Waals surface area contributed by atoms with Crippen molar-refractivity contribution < 1.29 is 13.6 Å².